The van der Waals surface area contributed by atoms with Crippen LogP contribution in [0, 0.1) is 0 Å². The van der Waals surface area contributed by atoms with Gasteiger partial charge in [-0.1, -0.05) is 139 Å². The lowest BCUT2D eigenvalue weighted by Gasteiger charge is -2.11. The zero-order chi connectivity index (χ0) is 42.5. The first kappa shape index (κ1) is 13.7. The van der Waals surface area contributed by atoms with Crippen LogP contribution in [0.15, 0.2) is 151 Å². The lowest BCUT2D eigenvalue weighted by molar-refractivity contribution is 1.08. The largest absolute Gasteiger partial charge is 0.208 e. The first-order valence-electron chi connectivity index (χ1n) is 21.0. The topological polar surface area (TPSA) is 38.7 Å². The zero-order valence-electron chi connectivity index (χ0n) is 37.9. The summed E-state index contributed by atoms with van der Waals surface area (Å²) in [5, 5.41) is -0.0300. The minimum Gasteiger partial charge on any atom is -0.208 e. The highest BCUT2D eigenvalue weighted by molar-refractivity contribution is 7.25. The second-order valence-corrected chi connectivity index (χ2v) is 10.3. The Balaban J connectivity index is 1.46. The Morgan fingerprint density at radius 1 is 0.419 bits per heavy atom. The number of thiophene rings is 1. The van der Waals surface area contributed by atoms with Gasteiger partial charge in [-0.25, -0.2) is 15.0 Å². The Kier molecular flexibility index (Phi) is 3.42. The molecule has 0 fully saturated rings. The third-order valence-corrected chi connectivity index (χ3v) is 7.68. The molecule has 3 nitrogen and oxygen atoms in total. The first-order chi connectivity index (χ1) is 28.0. The molecule has 43 heavy (non-hydrogen) atoms. The molecule has 4 heteroatoms. The maximum atomic E-state index is 9.12. The number of fused-ring (bicyclic) bond motifs is 3. The van der Waals surface area contributed by atoms with Crippen molar-refractivity contribution in [1.29, 1.82) is 0 Å². The fraction of sp³-hybridized carbons (Fsp3) is 0. The van der Waals surface area contributed by atoms with Crippen molar-refractivity contribution < 1.29 is 21.9 Å². The van der Waals surface area contributed by atoms with Gasteiger partial charge in [0, 0.05) is 36.9 Å². The fourth-order valence-electron chi connectivity index (χ4n) is 4.62. The summed E-state index contributed by atoms with van der Waals surface area (Å²) >= 11 is 0.846. The van der Waals surface area contributed by atoms with Crippen LogP contribution in [0.4, 0.5) is 0 Å². The normalized spacial score (nSPS) is 16.5. The summed E-state index contributed by atoms with van der Waals surface area (Å²) in [5.74, 6) is -0.844. The average Bonchev–Trinajstić information content (AvgIpc) is 3.64. The van der Waals surface area contributed by atoms with E-state index < -0.39 is 113 Å². The molecule has 8 aromatic rings. The van der Waals surface area contributed by atoms with Gasteiger partial charge in [0.1, 0.15) is 0 Å². The Morgan fingerprint density at radius 3 is 1.79 bits per heavy atom. The van der Waals surface area contributed by atoms with Crippen molar-refractivity contribution in [2.75, 3.05) is 0 Å². The highest BCUT2D eigenvalue weighted by atomic mass is 32.1. The molecule has 0 spiro atoms. The molecule has 0 bridgehead atoms. The van der Waals surface area contributed by atoms with Crippen LogP contribution in [0.5, 0.6) is 0 Å². The van der Waals surface area contributed by atoms with Gasteiger partial charge in [0.25, 0.3) is 0 Å². The highest BCUT2D eigenvalue weighted by Crippen LogP contribution is 2.39. The van der Waals surface area contributed by atoms with Gasteiger partial charge < -0.3 is 0 Å². The average molecular weight is 584 g/mol. The third kappa shape index (κ3) is 4.78. The monoisotopic (exact) mass is 583 g/mol. The molecule has 202 valence electrons. The van der Waals surface area contributed by atoms with E-state index in [1.807, 2.05) is 30.3 Å². The molecule has 0 aliphatic rings. The van der Waals surface area contributed by atoms with Crippen LogP contribution >= 0.6 is 11.3 Å². The summed E-state index contributed by atoms with van der Waals surface area (Å²) in [6, 6.07) is 6.38. The van der Waals surface area contributed by atoms with E-state index in [0.29, 0.717) is 5.56 Å². The second kappa shape index (κ2) is 10.8. The summed E-state index contributed by atoms with van der Waals surface area (Å²) in [5.41, 5.74) is 0.371. The number of hydrogen-bond donors (Lipinski definition) is 0. The summed E-state index contributed by atoms with van der Waals surface area (Å²) in [7, 11) is 0. The molecule has 0 atom stereocenters. The molecule has 0 radical (unpaired) electrons. The van der Waals surface area contributed by atoms with Crippen LogP contribution in [-0.4, -0.2) is 15.0 Å². The molecule has 0 N–H and O–H groups in total. The lowest BCUT2D eigenvalue weighted by atomic mass is 10.0. The lowest BCUT2D eigenvalue weighted by Crippen LogP contribution is -2.00. The Morgan fingerprint density at radius 2 is 1.00 bits per heavy atom. The van der Waals surface area contributed by atoms with E-state index in [1.54, 1.807) is 24.3 Å². The van der Waals surface area contributed by atoms with Crippen molar-refractivity contribution in [2.45, 2.75) is 0 Å². The van der Waals surface area contributed by atoms with Crippen LogP contribution in [0.3, 0.4) is 0 Å². The molecule has 8 rings (SSSR count). The van der Waals surface area contributed by atoms with E-state index in [-0.39, 0.29) is 43.4 Å². The van der Waals surface area contributed by atoms with Gasteiger partial charge in [-0.2, -0.15) is 0 Å². The van der Waals surface area contributed by atoms with Gasteiger partial charge in [0.15, 0.2) is 17.5 Å². The predicted molar refractivity (Wildman–Crippen MR) is 180 cm³/mol. The van der Waals surface area contributed by atoms with Gasteiger partial charge in [0.05, 0.1) is 21.9 Å². The Labute approximate surface area is 276 Å². The standard InChI is InChI=1S/C39H25N3S/c1-3-10-26(11-4-1)28-18-22-30(23-19-28)37-40-38(31-24-20-29(21-25-31)27-12-5-2-6-13-27)42-39(41-37)33-15-9-17-35-36(33)32-14-7-8-16-34(32)43-35/h1-25H/i1D,3D,4D,7D,8D,9D,10D,11D,14D,15D,16D,17D,18D,19D,22D,23D. The highest BCUT2D eigenvalue weighted by Gasteiger charge is 2.17. The van der Waals surface area contributed by atoms with Crippen LogP contribution in [0.2, 0.25) is 0 Å². The maximum absolute atomic E-state index is 9.12. The van der Waals surface area contributed by atoms with Gasteiger partial charge in [-0.05, 0) is 34.3 Å². The molecule has 0 saturated heterocycles. The summed E-state index contributed by atoms with van der Waals surface area (Å²) in [4.78, 5) is 13.8. The van der Waals surface area contributed by atoms with E-state index in [1.165, 1.54) is 0 Å². The molecule has 6 aromatic carbocycles. The SMILES string of the molecule is [2H]c1c([2H])c([2H])c(-c2c([2H])c([2H])c(-c3nc(-c4ccc(-c5ccccc5)cc4)nc(-c4c([2H])c([2H])c([2H])c5sc6c([2H])c([2H])c([2H])c([2H])c6c45)n3)c([2H])c2[2H])c([2H])c1[2H]. The summed E-state index contributed by atoms with van der Waals surface area (Å²) < 4.78 is 138. The molecule has 2 heterocycles. The quantitative estimate of drug-likeness (QED) is 0.202. The Hall–Kier alpha value is -5.45. The molecule has 0 unspecified atom stereocenters. The minimum atomic E-state index is -0.759. The Bertz CT molecular complexity index is 3060. The van der Waals surface area contributed by atoms with E-state index in [0.717, 1.165) is 22.5 Å². The third-order valence-electron chi connectivity index (χ3n) is 6.66. The minimum absolute atomic E-state index is 0.00150. The van der Waals surface area contributed by atoms with Gasteiger partial charge in [0.2, 0.25) is 0 Å². The summed E-state index contributed by atoms with van der Waals surface area (Å²) in [6.45, 7) is 0. The van der Waals surface area contributed by atoms with Gasteiger partial charge in [-0.3, -0.25) is 0 Å². The van der Waals surface area contributed by atoms with Crippen LogP contribution in [0.25, 0.3) is 76.6 Å². The smallest absolute Gasteiger partial charge is 0.164 e. The van der Waals surface area contributed by atoms with Gasteiger partial charge >= 0.3 is 0 Å². The predicted octanol–water partition coefficient (Wildman–Crippen LogP) is 10.6. The number of nitrogens with zero attached hydrogens (tertiary/aromatic N) is 3. The van der Waals surface area contributed by atoms with E-state index in [4.69, 9.17) is 21.9 Å². The van der Waals surface area contributed by atoms with Crippen LogP contribution in [0.1, 0.15) is 21.9 Å². The maximum Gasteiger partial charge on any atom is 0.164 e. The van der Waals surface area contributed by atoms with E-state index in [9.17, 15) is 0 Å². The number of aromatic nitrogens is 3. The van der Waals surface area contributed by atoms with Crippen molar-refractivity contribution >= 4 is 31.5 Å². The molecule has 0 aliphatic carbocycles. The molecular weight excluding hydrogens is 543 g/mol. The van der Waals surface area contributed by atoms with Crippen LogP contribution in [-0.2, 0) is 0 Å². The van der Waals surface area contributed by atoms with Crippen molar-refractivity contribution in [3.63, 3.8) is 0 Å². The molecule has 0 saturated carbocycles. The molecule has 0 amide bonds. The van der Waals surface area contributed by atoms with Crippen LogP contribution < -0.4 is 0 Å². The van der Waals surface area contributed by atoms with E-state index >= 15 is 0 Å². The first-order valence-corrected chi connectivity index (χ1v) is 13.8. The van der Waals surface area contributed by atoms with Crippen molar-refractivity contribution in [3.8, 4) is 56.4 Å². The van der Waals surface area contributed by atoms with Crippen molar-refractivity contribution in [3.05, 3.63) is 151 Å². The molecular formula is C39H25N3S. The number of benzene rings is 6. The van der Waals surface area contributed by atoms with Crippen molar-refractivity contribution in [2.24, 2.45) is 0 Å². The van der Waals surface area contributed by atoms with E-state index in [2.05, 4.69) is 15.0 Å². The molecule has 2 aromatic heterocycles. The molecule has 0 aliphatic heterocycles. The number of hydrogen-bond acceptors (Lipinski definition) is 4. The summed E-state index contributed by atoms with van der Waals surface area (Å²) in [6.07, 6.45) is 0. The number of rotatable bonds is 5. The second-order valence-electron chi connectivity index (χ2n) is 9.26. The zero-order valence-corrected chi connectivity index (χ0v) is 22.8. The fourth-order valence-corrected chi connectivity index (χ4v) is 5.59. The van der Waals surface area contributed by atoms with Gasteiger partial charge in [-0.15, -0.1) is 11.3 Å². The van der Waals surface area contributed by atoms with Crippen molar-refractivity contribution in [1.82, 2.24) is 15.0 Å².